The molecule has 0 saturated carbocycles. The van der Waals surface area contributed by atoms with Crippen LogP contribution < -0.4 is 10.6 Å². The van der Waals surface area contributed by atoms with Crippen LogP contribution in [0.5, 0.6) is 0 Å². The van der Waals surface area contributed by atoms with Gasteiger partial charge in [-0.15, -0.1) is 0 Å². The Balaban J connectivity index is 1.94. The van der Waals surface area contributed by atoms with Crippen LogP contribution in [-0.2, 0) is 0 Å². The van der Waals surface area contributed by atoms with E-state index >= 15 is 0 Å². The number of anilines is 1. The lowest BCUT2D eigenvalue weighted by molar-refractivity contribution is 0.422. The summed E-state index contributed by atoms with van der Waals surface area (Å²) in [4.78, 5) is 14.1. The Hall–Kier alpha value is -1.62. The molecule has 2 aromatic heterocycles. The SMILES string of the molecule is NCC1CCCN(c2ncnc3[nH]ccc23)C1. The maximum Gasteiger partial charge on any atom is 0.142 e. The van der Waals surface area contributed by atoms with Gasteiger partial charge in [0, 0.05) is 19.3 Å². The highest BCUT2D eigenvalue weighted by Gasteiger charge is 2.21. The molecule has 1 aliphatic rings. The van der Waals surface area contributed by atoms with Gasteiger partial charge in [-0.05, 0) is 31.4 Å². The largest absolute Gasteiger partial charge is 0.356 e. The minimum Gasteiger partial charge on any atom is -0.356 e. The highest BCUT2D eigenvalue weighted by Crippen LogP contribution is 2.26. The van der Waals surface area contributed by atoms with E-state index in [2.05, 4.69) is 19.9 Å². The molecular formula is C12H17N5. The summed E-state index contributed by atoms with van der Waals surface area (Å²) in [6, 6.07) is 2.04. The predicted molar refractivity (Wildman–Crippen MR) is 67.9 cm³/mol. The molecule has 0 spiro atoms. The number of nitrogens with one attached hydrogen (secondary N) is 1. The Morgan fingerprint density at radius 1 is 1.47 bits per heavy atom. The average molecular weight is 231 g/mol. The highest BCUT2D eigenvalue weighted by atomic mass is 15.2. The summed E-state index contributed by atoms with van der Waals surface area (Å²) in [6.45, 7) is 2.83. The molecular weight excluding hydrogens is 214 g/mol. The van der Waals surface area contributed by atoms with E-state index < -0.39 is 0 Å². The van der Waals surface area contributed by atoms with E-state index in [4.69, 9.17) is 5.73 Å². The van der Waals surface area contributed by atoms with Crippen LogP contribution in [0.2, 0.25) is 0 Å². The maximum absolute atomic E-state index is 5.77. The van der Waals surface area contributed by atoms with Crippen molar-refractivity contribution in [2.45, 2.75) is 12.8 Å². The Kier molecular flexibility index (Phi) is 2.68. The van der Waals surface area contributed by atoms with E-state index in [0.717, 1.165) is 36.5 Å². The van der Waals surface area contributed by atoms with Crippen molar-refractivity contribution in [2.24, 2.45) is 11.7 Å². The molecule has 2 aromatic rings. The second kappa shape index (κ2) is 4.33. The van der Waals surface area contributed by atoms with Crippen molar-refractivity contribution < 1.29 is 0 Å². The monoisotopic (exact) mass is 231 g/mol. The van der Waals surface area contributed by atoms with Crippen LogP contribution in [-0.4, -0.2) is 34.6 Å². The highest BCUT2D eigenvalue weighted by molar-refractivity contribution is 5.87. The van der Waals surface area contributed by atoms with Crippen molar-refractivity contribution in [3.63, 3.8) is 0 Å². The zero-order chi connectivity index (χ0) is 11.7. The Morgan fingerprint density at radius 2 is 2.41 bits per heavy atom. The molecule has 3 N–H and O–H groups in total. The van der Waals surface area contributed by atoms with Gasteiger partial charge in [0.2, 0.25) is 0 Å². The molecule has 0 aliphatic carbocycles. The van der Waals surface area contributed by atoms with Gasteiger partial charge in [0.05, 0.1) is 5.39 Å². The maximum atomic E-state index is 5.77. The summed E-state index contributed by atoms with van der Waals surface area (Å²) in [7, 11) is 0. The van der Waals surface area contributed by atoms with Gasteiger partial charge in [-0.1, -0.05) is 0 Å². The summed E-state index contributed by atoms with van der Waals surface area (Å²) >= 11 is 0. The van der Waals surface area contributed by atoms with Crippen molar-refractivity contribution in [1.29, 1.82) is 0 Å². The van der Waals surface area contributed by atoms with Gasteiger partial charge in [0.25, 0.3) is 0 Å². The van der Waals surface area contributed by atoms with E-state index in [9.17, 15) is 0 Å². The van der Waals surface area contributed by atoms with Gasteiger partial charge in [-0.25, -0.2) is 9.97 Å². The van der Waals surface area contributed by atoms with Crippen molar-refractivity contribution in [2.75, 3.05) is 24.5 Å². The molecule has 0 radical (unpaired) electrons. The molecule has 1 saturated heterocycles. The standard InChI is InChI=1S/C12H17N5/c13-6-9-2-1-5-17(7-9)12-10-3-4-14-11(10)15-8-16-12/h3-4,8-9H,1-2,5-7,13H2,(H,14,15,16). The molecule has 1 fully saturated rings. The Morgan fingerprint density at radius 3 is 3.29 bits per heavy atom. The van der Waals surface area contributed by atoms with Gasteiger partial charge in [-0.2, -0.15) is 0 Å². The molecule has 1 atom stereocenters. The topological polar surface area (TPSA) is 70.8 Å². The fourth-order valence-electron chi connectivity index (χ4n) is 2.56. The first-order valence-electron chi connectivity index (χ1n) is 6.11. The lowest BCUT2D eigenvalue weighted by Gasteiger charge is -2.33. The zero-order valence-electron chi connectivity index (χ0n) is 9.76. The number of H-pyrrole nitrogens is 1. The lowest BCUT2D eigenvalue weighted by Crippen LogP contribution is -2.38. The van der Waals surface area contributed by atoms with E-state index in [1.807, 2.05) is 12.3 Å². The fraction of sp³-hybridized carbons (Fsp3) is 0.500. The minimum absolute atomic E-state index is 0.590. The number of aromatic nitrogens is 3. The van der Waals surface area contributed by atoms with Crippen LogP contribution in [0.4, 0.5) is 5.82 Å². The summed E-state index contributed by atoms with van der Waals surface area (Å²) in [6.07, 6.45) is 5.96. The predicted octanol–water partition coefficient (Wildman–Crippen LogP) is 1.13. The van der Waals surface area contributed by atoms with Crippen molar-refractivity contribution >= 4 is 16.9 Å². The fourth-order valence-corrected chi connectivity index (χ4v) is 2.56. The Bertz CT molecular complexity index is 506. The molecule has 5 heteroatoms. The normalized spacial score (nSPS) is 21.0. The summed E-state index contributed by atoms with van der Waals surface area (Å²) in [5.41, 5.74) is 6.68. The van der Waals surface area contributed by atoms with Crippen molar-refractivity contribution in [3.8, 4) is 0 Å². The molecule has 1 unspecified atom stereocenters. The zero-order valence-corrected chi connectivity index (χ0v) is 9.76. The van der Waals surface area contributed by atoms with Crippen molar-refractivity contribution in [1.82, 2.24) is 15.0 Å². The van der Waals surface area contributed by atoms with E-state index in [1.165, 1.54) is 12.8 Å². The number of fused-ring (bicyclic) bond motifs is 1. The summed E-state index contributed by atoms with van der Waals surface area (Å²) < 4.78 is 0. The van der Waals surface area contributed by atoms with Gasteiger partial charge < -0.3 is 15.6 Å². The first-order chi connectivity index (χ1) is 8.38. The summed E-state index contributed by atoms with van der Waals surface area (Å²) in [5, 5.41) is 1.10. The van der Waals surface area contributed by atoms with Gasteiger partial charge in [-0.3, -0.25) is 0 Å². The second-order valence-corrected chi connectivity index (χ2v) is 4.63. The third-order valence-corrected chi connectivity index (χ3v) is 3.48. The van der Waals surface area contributed by atoms with Crippen LogP contribution >= 0.6 is 0 Å². The molecule has 0 amide bonds. The number of aromatic amines is 1. The molecule has 0 bridgehead atoms. The van der Waals surface area contributed by atoms with Gasteiger partial charge in [0.1, 0.15) is 17.8 Å². The number of nitrogens with two attached hydrogens (primary N) is 1. The first kappa shape index (κ1) is 10.5. The summed E-state index contributed by atoms with van der Waals surface area (Å²) in [5.74, 6) is 1.63. The van der Waals surface area contributed by atoms with Gasteiger partial charge in [0.15, 0.2) is 0 Å². The van der Waals surface area contributed by atoms with Crippen LogP contribution in [0.3, 0.4) is 0 Å². The Labute approximate surface area is 100 Å². The van der Waals surface area contributed by atoms with Crippen molar-refractivity contribution in [3.05, 3.63) is 18.6 Å². The quantitative estimate of drug-likeness (QED) is 0.813. The lowest BCUT2D eigenvalue weighted by atomic mass is 9.98. The molecule has 90 valence electrons. The van der Waals surface area contributed by atoms with Crippen LogP contribution in [0.1, 0.15) is 12.8 Å². The molecule has 3 heterocycles. The van der Waals surface area contributed by atoms with Crippen LogP contribution in [0.15, 0.2) is 18.6 Å². The molecule has 0 aromatic carbocycles. The number of nitrogens with zero attached hydrogens (tertiary/aromatic N) is 3. The molecule has 17 heavy (non-hydrogen) atoms. The number of piperidine rings is 1. The van der Waals surface area contributed by atoms with Gasteiger partial charge >= 0.3 is 0 Å². The van der Waals surface area contributed by atoms with E-state index in [1.54, 1.807) is 6.33 Å². The third-order valence-electron chi connectivity index (χ3n) is 3.48. The van der Waals surface area contributed by atoms with E-state index in [-0.39, 0.29) is 0 Å². The third kappa shape index (κ3) is 1.86. The van der Waals surface area contributed by atoms with Crippen LogP contribution in [0.25, 0.3) is 11.0 Å². The average Bonchev–Trinajstić information content (AvgIpc) is 2.87. The molecule has 5 nitrogen and oxygen atoms in total. The number of hydrogen-bond acceptors (Lipinski definition) is 4. The van der Waals surface area contributed by atoms with Crippen LogP contribution in [0, 0.1) is 5.92 Å². The second-order valence-electron chi connectivity index (χ2n) is 4.63. The number of hydrogen-bond donors (Lipinski definition) is 2. The smallest absolute Gasteiger partial charge is 0.142 e. The van der Waals surface area contributed by atoms with E-state index in [0.29, 0.717) is 5.92 Å². The first-order valence-corrected chi connectivity index (χ1v) is 6.11. The molecule has 1 aliphatic heterocycles. The molecule has 3 rings (SSSR count). The minimum atomic E-state index is 0.590. The number of rotatable bonds is 2.